The third kappa shape index (κ3) is 3.72. The van der Waals surface area contributed by atoms with E-state index in [2.05, 4.69) is 29.1 Å². The predicted octanol–water partition coefficient (Wildman–Crippen LogP) is 4.19. The number of ether oxygens (including phenoxy) is 1. The van der Waals surface area contributed by atoms with Gasteiger partial charge in [0.15, 0.2) is 12.6 Å². The Bertz CT molecular complexity index is 1370. The molecule has 0 N–H and O–H groups in total. The minimum atomic E-state index is -0.150. The maximum absolute atomic E-state index is 13.5. The van der Waals surface area contributed by atoms with Crippen LogP contribution in [0.1, 0.15) is 43.1 Å². The lowest BCUT2D eigenvalue weighted by Crippen LogP contribution is -2.39. The van der Waals surface area contributed by atoms with Crippen LogP contribution in [0.2, 0.25) is 0 Å². The summed E-state index contributed by atoms with van der Waals surface area (Å²) in [4.78, 5) is 19.7. The van der Waals surface area contributed by atoms with Gasteiger partial charge in [-0.25, -0.2) is 4.98 Å². The Morgan fingerprint density at radius 3 is 2.85 bits per heavy atom. The van der Waals surface area contributed by atoms with Gasteiger partial charge in [0.25, 0.3) is 5.91 Å². The Morgan fingerprint density at radius 1 is 1.15 bits per heavy atom. The monoisotopic (exact) mass is 455 g/mol. The predicted molar refractivity (Wildman–Crippen MR) is 126 cm³/mol. The summed E-state index contributed by atoms with van der Waals surface area (Å²) in [6.07, 6.45) is 8.14. The van der Waals surface area contributed by atoms with Gasteiger partial charge in [0, 0.05) is 24.3 Å². The largest absolute Gasteiger partial charge is 0.472 e. The maximum atomic E-state index is 13.5. The van der Waals surface area contributed by atoms with Gasteiger partial charge in [-0.05, 0) is 62.4 Å². The average molecular weight is 456 g/mol. The standard InChI is InChI=1S/C25H25N7O2/c1-16(2)31-14-26-29-24(31)21-4-3-5-23(28-21)32-15-34-22-9-8-18(10-20(22)25(32)33)19-11-27-30(13-19)12-17-6-7-17/h3-5,8-11,13-14,16-17H,6-7,12,15H2,1-2H3. The van der Waals surface area contributed by atoms with Crippen molar-refractivity contribution in [2.24, 2.45) is 5.92 Å². The summed E-state index contributed by atoms with van der Waals surface area (Å²) in [6.45, 7) is 5.16. The Hall–Kier alpha value is -4.01. The van der Waals surface area contributed by atoms with Gasteiger partial charge >= 0.3 is 0 Å². The summed E-state index contributed by atoms with van der Waals surface area (Å²) >= 11 is 0. The molecule has 1 aliphatic heterocycles. The molecule has 34 heavy (non-hydrogen) atoms. The summed E-state index contributed by atoms with van der Waals surface area (Å²) in [5.41, 5.74) is 3.09. The number of hydrogen-bond acceptors (Lipinski definition) is 6. The lowest BCUT2D eigenvalue weighted by atomic mass is 10.0. The second-order valence-electron chi connectivity index (χ2n) is 9.15. The Balaban J connectivity index is 1.29. The van der Waals surface area contributed by atoms with E-state index in [1.807, 2.05) is 52.0 Å². The van der Waals surface area contributed by atoms with Crippen molar-refractivity contribution in [3.8, 4) is 28.4 Å². The second kappa shape index (κ2) is 8.09. The lowest BCUT2D eigenvalue weighted by molar-refractivity contribution is 0.0936. The van der Waals surface area contributed by atoms with E-state index in [4.69, 9.17) is 9.72 Å². The molecule has 1 saturated carbocycles. The smallest absolute Gasteiger partial charge is 0.265 e. The molecule has 1 amide bonds. The van der Waals surface area contributed by atoms with Gasteiger partial charge in [-0.15, -0.1) is 10.2 Å². The first kappa shape index (κ1) is 20.6. The Morgan fingerprint density at radius 2 is 2.03 bits per heavy atom. The molecule has 9 heteroatoms. The lowest BCUT2D eigenvalue weighted by Gasteiger charge is -2.28. The molecule has 0 saturated heterocycles. The first-order valence-corrected chi connectivity index (χ1v) is 11.6. The van der Waals surface area contributed by atoms with Crippen molar-refractivity contribution < 1.29 is 9.53 Å². The normalized spacial score (nSPS) is 15.5. The van der Waals surface area contributed by atoms with Gasteiger partial charge in [-0.3, -0.25) is 14.4 Å². The molecular weight excluding hydrogens is 430 g/mol. The molecule has 1 aromatic carbocycles. The van der Waals surface area contributed by atoms with Crippen molar-refractivity contribution in [3.63, 3.8) is 0 Å². The maximum Gasteiger partial charge on any atom is 0.265 e. The highest BCUT2D eigenvalue weighted by Crippen LogP contribution is 2.34. The van der Waals surface area contributed by atoms with E-state index in [1.54, 1.807) is 17.3 Å². The average Bonchev–Trinajstić information content (AvgIpc) is 3.31. The zero-order valence-electron chi connectivity index (χ0n) is 19.1. The van der Waals surface area contributed by atoms with E-state index < -0.39 is 0 Å². The molecule has 4 aromatic rings. The van der Waals surface area contributed by atoms with Crippen LogP contribution in [0.4, 0.5) is 5.82 Å². The molecule has 6 rings (SSSR count). The molecule has 172 valence electrons. The fraction of sp³-hybridized carbons (Fsp3) is 0.320. The van der Waals surface area contributed by atoms with Crippen molar-refractivity contribution in [3.05, 3.63) is 60.7 Å². The minimum Gasteiger partial charge on any atom is -0.472 e. The van der Waals surface area contributed by atoms with Crippen LogP contribution < -0.4 is 9.64 Å². The Kier molecular flexibility index (Phi) is 4.90. The number of aromatic nitrogens is 6. The van der Waals surface area contributed by atoms with E-state index in [1.165, 1.54) is 12.8 Å². The molecule has 1 fully saturated rings. The number of hydrogen-bond donors (Lipinski definition) is 0. The number of benzene rings is 1. The first-order chi connectivity index (χ1) is 16.6. The number of pyridine rings is 1. The number of carbonyl (C=O) groups is 1. The molecule has 1 aliphatic carbocycles. The molecule has 0 unspecified atom stereocenters. The third-order valence-corrected chi connectivity index (χ3v) is 6.28. The van der Waals surface area contributed by atoms with Crippen LogP contribution in [0.15, 0.2) is 55.1 Å². The zero-order valence-corrected chi connectivity index (χ0v) is 19.1. The van der Waals surface area contributed by atoms with Gasteiger partial charge < -0.3 is 9.30 Å². The number of nitrogens with zero attached hydrogens (tertiary/aromatic N) is 7. The fourth-order valence-corrected chi connectivity index (χ4v) is 4.19. The van der Waals surface area contributed by atoms with Gasteiger partial charge in [-0.2, -0.15) is 5.10 Å². The van der Waals surface area contributed by atoms with Gasteiger partial charge in [-0.1, -0.05) is 12.1 Å². The molecule has 0 spiro atoms. The number of carbonyl (C=O) groups excluding carboxylic acids is 1. The number of amides is 1. The van der Waals surface area contributed by atoms with E-state index >= 15 is 0 Å². The van der Waals surface area contributed by atoms with Crippen LogP contribution in [0, 0.1) is 5.92 Å². The van der Waals surface area contributed by atoms with Crippen LogP contribution in [0.25, 0.3) is 22.6 Å². The highest BCUT2D eigenvalue weighted by molar-refractivity contribution is 6.09. The van der Waals surface area contributed by atoms with Crippen molar-refractivity contribution in [2.45, 2.75) is 39.3 Å². The minimum absolute atomic E-state index is 0.0951. The molecule has 9 nitrogen and oxygen atoms in total. The van der Waals surface area contributed by atoms with Gasteiger partial charge in [0.1, 0.15) is 23.6 Å². The molecule has 2 aliphatic rings. The van der Waals surface area contributed by atoms with Gasteiger partial charge in [0.2, 0.25) is 0 Å². The number of anilines is 1. The molecule has 0 bridgehead atoms. The summed E-state index contributed by atoms with van der Waals surface area (Å²) in [5, 5.41) is 12.7. The van der Waals surface area contributed by atoms with E-state index in [-0.39, 0.29) is 18.7 Å². The molecule has 4 heterocycles. The van der Waals surface area contributed by atoms with Crippen molar-refractivity contribution in [1.29, 1.82) is 0 Å². The van der Waals surface area contributed by atoms with Crippen LogP contribution in [0.3, 0.4) is 0 Å². The van der Waals surface area contributed by atoms with Crippen LogP contribution >= 0.6 is 0 Å². The number of rotatable bonds is 6. The summed E-state index contributed by atoms with van der Waals surface area (Å²) in [5.74, 6) is 2.34. The quantitative estimate of drug-likeness (QED) is 0.433. The second-order valence-corrected chi connectivity index (χ2v) is 9.15. The summed E-state index contributed by atoms with van der Waals surface area (Å²) in [6, 6.07) is 11.4. The van der Waals surface area contributed by atoms with Crippen LogP contribution in [-0.2, 0) is 6.54 Å². The summed E-state index contributed by atoms with van der Waals surface area (Å²) < 4.78 is 9.86. The number of fused-ring (bicyclic) bond motifs is 1. The third-order valence-electron chi connectivity index (χ3n) is 6.28. The SMILES string of the molecule is CC(C)n1cnnc1-c1cccc(N2COc3ccc(-c4cnn(CC5CC5)c4)cc3C2=O)n1. The van der Waals surface area contributed by atoms with E-state index in [0.717, 1.165) is 23.6 Å². The molecular formula is C25H25N7O2. The van der Waals surface area contributed by atoms with Gasteiger partial charge in [0.05, 0.1) is 11.8 Å². The fourth-order valence-electron chi connectivity index (χ4n) is 4.19. The van der Waals surface area contributed by atoms with Crippen molar-refractivity contribution >= 4 is 11.7 Å². The van der Waals surface area contributed by atoms with Crippen molar-refractivity contribution in [1.82, 2.24) is 29.5 Å². The topological polar surface area (TPSA) is 91.0 Å². The molecule has 0 radical (unpaired) electrons. The highest BCUT2D eigenvalue weighted by Gasteiger charge is 2.29. The molecule has 0 atom stereocenters. The highest BCUT2D eigenvalue weighted by atomic mass is 16.5. The summed E-state index contributed by atoms with van der Waals surface area (Å²) in [7, 11) is 0. The van der Waals surface area contributed by atoms with Crippen molar-refractivity contribution in [2.75, 3.05) is 11.6 Å². The first-order valence-electron chi connectivity index (χ1n) is 11.6. The van der Waals surface area contributed by atoms with Crippen LogP contribution in [-0.4, -0.2) is 42.2 Å². The molecule has 3 aromatic heterocycles. The zero-order chi connectivity index (χ0) is 23.2. The Labute approximate surface area is 197 Å². The van der Waals surface area contributed by atoms with E-state index in [0.29, 0.717) is 28.6 Å². The van der Waals surface area contributed by atoms with E-state index in [9.17, 15) is 4.79 Å². The van der Waals surface area contributed by atoms with Crippen LogP contribution in [0.5, 0.6) is 5.75 Å².